The normalized spacial score (nSPS) is 15.9. The zero-order valence-corrected chi connectivity index (χ0v) is 17.1. The molecule has 0 saturated heterocycles. The summed E-state index contributed by atoms with van der Waals surface area (Å²) in [5, 5.41) is 0. The highest BCUT2D eigenvalue weighted by atomic mass is 16.5. The van der Waals surface area contributed by atoms with Crippen LogP contribution in [0.3, 0.4) is 0 Å². The number of fused-ring (bicyclic) bond motifs is 1. The van der Waals surface area contributed by atoms with E-state index in [2.05, 4.69) is 64.5 Å². The summed E-state index contributed by atoms with van der Waals surface area (Å²) in [5.74, 6) is 0.943. The minimum atomic E-state index is 0.478. The Morgan fingerprint density at radius 2 is 1.83 bits per heavy atom. The summed E-state index contributed by atoms with van der Waals surface area (Å²) in [5.41, 5.74) is 12.2. The van der Waals surface area contributed by atoms with Crippen molar-refractivity contribution in [1.29, 1.82) is 0 Å². The van der Waals surface area contributed by atoms with E-state index in [-0.39, 0.29) is 0 Å². The van der Waals surface area contributed by atoms with Crippen molar-refractivity contribution in [3.8, 4) is 5.75 Å². The quantitative estimate of drug-likeness (QED) is 0.663. The first kappa shape index (κ1) is 19.6. The fraction of sp³-hybridized carbons (Fsp3) is 0.320. The van der Waals surface area contributed by atoms with Crippen LogP contribution in [0.25, 0.3) is 0 Å². The molecule has 0 radical (unpaired) electrons. The van der Waals surface area contributed by atoms with Crippen LogP contribution in [0, 0.1) is 0 Å². The maximum atomic E-state index is 5.76. The van der Waals surface area contributed by atoms with Crippen LogP contribution in [0.1, 0.15) is 34.4 Å². The van der Waals surface area contributed by atoms with Crippen LogP contribution >= 0.6 is 0 Å². The number of pyridine rings is 1. The van der Waals surface area contributed by atoms with Crippen molar-refractivity contribution in [3.63, 3.8) is 0 Å². The lowest BCUT2D eigenvalue weighted by Gasteiger charge is -2.35. The average Bonchev–Trinajstić information content (AvgIpc) is 2.79. The number of nitrogens with zero attached hydrogens (tertiary/aromatic N) is 2. The zero-order chi connectivity index (χ0) is 20.1. The number of methoxy groups -OCH3 is 1. The Kier molecular flexibility index (Phi) is 6.23. The Labute approximate surface area is 173 Å². The molecule has 3 aromatic rings. The molecule has 1 aliphatic carbocycles. The Bertz CT molecular complexity index is 925. The van der Waals surface area contributed by atoms with Gasteiger partial charge in [0.2, 0.25) is 0 Å². The average molecular weight is 388 g/mol. The molecule has 1 heterocycles. The molecule has 0 aliphatic heterocycles. The van der Waals surface area contributed by atoms with Crippen LogP contribution in [0.5, 0.6) is 5.75 Å². The lowest BCUT2D eigenvalue weighted by Crippen LogP contribution is -2.38. The highest BCUT2D eigenvalue weighted by Crippen LogP contribution is 2.29. The Morgan fingerprint density at radius 3 is 2.55 bits per heavy atom. The third kappa shape index (κ3) is 4.84. The summed E-state index contributed by atoms with van der Waals surface area (Å²) in [4.78, 5) is 7.15. The maximum Gasteiger partial charge on any atom is 0.119 e. The first-order valence-corrected chi connectivity index (χ1v) is 10.3. The summed E-state index contributed by atoms with van der Waals surface area (Å²) < 4.78 is 5.46. The minimum Gasteiger partial charge on any atom is -0.497 e. The molecular weight excluding hydrogens is 358 g/mol. The second kappa shape index (κ2) is 9.21. The Hall–Kier alpha value is -2.69. The van der Waals surface area contributed by atoms with Crippen LogP contribution in [-0.4, -0.2) is 23.0 Å². The van der Waals surface area contributed by atoms with Gasteiger partial charge in [-0.25, -0.2) is 0 Å². The third-order valence-corrected chi connectivity index (χ3v) is 5.87. The minimum absolute atomic E-state index is 0.478. The lowest BCUT2D eigenvalue weighted by molar-refractivity contribution is 0.160. The fourth-order valence-electron chi connectivity index (χ4n) is 4.18. The van der Waals surface area contributed by atoms with E-state index >= 15 is 0 Å². The van der Waals surface area contributed by atoms with Gasteiger partial charge < -0.3 is 10.5 Å². The van der Waals surface area contributed by atoms with Crippen molar-refractivity contribution >= 4 is 0 Å². The first-order chi connectivity index (χ1) is 14.2. The molecule has 4 nitrogen and oxygen atoms in total. The van der Waals surface area contributed by atoms with Gasteiger partial charge in [-0.3, -0.25) is 9.88 Å². The lowest BCUT2D eigenvalue weighted by atomic mass is 9.87. The molecule has 29 heavy (non-hydrogen) atoms. The molecule has 4 heteroatoms. The zero-order valence-electron chi connectivity index (χ0n) is 17.1. The van der Waals surface area contributed by atoms with Gasteiger partial charge in [0.1, 0.15) is 5.75 Å². The van der Waals surface area contributed by atoms with Crippen molar-refractivity contribution in [2.45, 2.75) is 44.9 Å². The smallest absolute Gasteiger partial charge is 0.119 e. The van der Waals surface area contributed by atoms with Crippen LogP contribution in [0.2, 0.25) is 0 Å². The van der Waals surface area contributed by atoms with Gasteiger partial charge in [0.05, 0.1) is 12.8 Å². The largest absolute Gasteiger partial charge is 0.497 e. The van der Waals surface area contributed by atoms with Crippen molar-refractivity contribution in [2.75, 3.05) is 7.11 Å². The van der Waals surface area contributed by atoms with Crippen molar-refractivity contribution < 1.29 is 4.74 Å². The van der Waals surface area contributed by atoms with E-state index in [0.29, 0.717) is 12.6 Å². The molecule has 0 bridgehead atoms. The molecular formula is C25H29N3O. The number of hydrogen-bond donors (Lipinski definition) is 1. The second-order valence-corrected chi connectivity index (χ2v) is 7.78. The topological polar surface area (TPSA) is 51.4 Å². The van der Waals surface area contributed by atoms with E-state index in [0.717, 1.165) is 43.8 Å². The number of aryl methyl sites for hydroxylation is 1. The van der Waals surface area contributed by atoms with E-state index < -0.39 is 0 Å². The van der Waals surface area contributed by atoms with E-state index in [9.17, 15) is 0 Å². The summed E-state index contributed by atoms with van der Waals surface area (Å²) in [6, 6.07) is 21.8. The van der Waals surface area contributed by atoms with Crippen molar-refractivity contribution in [3.05, 3.63) is 94.8 Å². The van der Waals surface area contributed by atoms with E-state index in [1.54, 1.807) is 7.11 Å². The molecule has 1 unspecified atom stereocenters. The molecule has 2 aromatic carbocycles. The van der Waals surface area contributed by atoms with Crippen molar-refractivity contribution in [1.82, 2.24) is 9.88 Å². The Balaban J connectivity index is 1.57. The number of hydrogen-bond acceptors (Lipinski definition) is 4. The summed E-state index contributed by atoms with van der Waals surface area (Å²) >= 11 is 0. The van der Waals surface area contributed by atoms with Crippen LogP contribution in [0.4, 0.5) is 0 Å². The van der Waals surface area contributed by atoms with Gasteiger partial charge >= 0.3 is 0 Å². The SMILES string of the molecule is COc1ccc2c(c1)CC(N(Cc1ccc(CN)cc1)Cc1ccccn1)CC2. The molecule has 1 aliphatic rings. The second-order valence-electron chi connectivity index (χ2n) is 7.78. The van der Waals surface area contributed by atoms with E-state index in [1.165, 1.54) is 22.3 Å². The number of rotatable bonds is 7. The van der Waals surface area contributed by atoms with Crippen molar-refractivity contribution in [2.24, 2.45) is 5.73 Å². The summed E-state index contributed by atoms with van der Waals surface area (Å²) in [6.45, 7) is 2.34. The highest BCUT2D eigenvalue weighted by Gasteiger charge is 2.25. The maximum absolute atomic E-state index is 5.76. The predicted octanol–water partition coefficient (Wildman–Crippen LogP) is 4.11. The van der Waals surface area contributed by atoms with Gasteiger partial charge in [-0.05, 0) is 65.8 Å². The van der Waals surface area contributed by atoms with E-state index in [1.807, 2.05) is 12.3 Å². The molecule has 0 fully saturated rings. The van der Waals surface area contributed by atoms with E-state index in [4.69, 9.17) is 10.5 Å². The van der Waals surface area contributed by atoms with Gasteiger partial charge in [-0.1, -0.05) is 36.4 Å². The Morgan fingerprint density at radius 1 is 1.00 bits per heavy atom. The standard InChI is InChI=1S/C25H29N3O/c1-29-25-12-10-21-9-11-24(14-22(21)15-25)28(18-23-4-2-3-13-27-23)17-20-7-5-19(16-26)6-8-20/h2-8,10,12-13,15,24H,9,11,14,16-18,26H2,1H3. The third-order valence-electron chi connectivity index (χ3n) is 5.87. The monoisotopic (exact) mass is 387 g/mol. The number of ether oxygens (including phenoxy) is 1. The highest BCUT2D eigenvalue weighted by molar-refractivity contribution is 5.38. The van der Waals surface area contributed by atoms with Gasteiger partial charge in [0.25, 0.3) is 0 Å². The van der Waals surface area contributed by atoms with Gasteiger partial charge in [0, 0.05) is 31.9 Å². The van der Waals surface area contributed by atoms with Crippen LogP contribution in [0.15, 0.2) is 66.9 Å². The molecule has 0 saturated carbocycles. The molecule has 4 rings (SSSR count). The number of benzene rings is 2. The number of aromatic nitrogens is 1. The summed E-state index contributed by atoms with van der Waals surface area (Å²) in [6.07, 6.45) is 5.19. The molecule has 1 aromatic heterocycles. The molecule has 2 N–H and O–H groups in total. The first-order valence-electron chi connectivity index (χ1n) is 10.3. The molecule has 0 amide bonds. The van der Waals surface area contributed by atoms with Crippen LogP contribution in [-0.2, 0) is 32.5 Å². The predicted molar refractivity (Wildman–Crippen MR) is 117 cm³/mol. The fourth-order valence-corrected chi connectivity index (χ4v) is 4.18. The summed E-state index contributed by atoms with van der Waals surface area (Å²) in [7, 11) is 1.74. The van der Waals surface area contributed by atoms with Crippen LogP contribution < -0.4 is 10.5 Å². The molecule has 1 atom stereocenters. The number of nitrogens with two attached hydrogens (primary N) is 1. The molecule has 150 valence electrons. The molecule has 0 spiro atoms. The van der Waals surface area contributed by atoms with Gasteiger partial charge in [-0.15, -0.1) is 0 Å². The van der Waals surface area contributed by atoms with Gasteiger partial charge in [-0.2, -0.15) is 0 Å². The van der Waals surface area contributed by atoms with Gasteiger partial charge in [0.15, 0.2) is 0 Å².